The highest BCUT2D eigenvalue weighted by molar-refractivity contribution is 9.10. The van der Waals surface area contributed by atoms with Gasteiger partial charge in [-0.15, -0.1) is 0 Å². The topological polar surface area (TPSA) is 21.3 Å². The third kappa shape index (κ3) is 3.45. The standard InChI is InChI=1S/C14H11BrF3NO/c1-20-11-5-9(15)4-10(6-11)19-7-8-2-12(16)14(18)13(17)3-8/h2-6,19H,7H2,1H3. The number of hydrogen-bond donors (Lipinski definition) is 1. The largest absolute Gasteiger partial charge is 0.497 e. The van der Waals surface area contributed by atoms with Crippen molar-refractivity contribution < 1.29 is 17.9 Å². The van der Waals surface area contributed by atoms with E-state index in [1.54, 1.807) is 18.2 Å². The third-order valence-electron chi connectivity index (χ3n) is 2.65. The minimum atomic E-state index is -1.46. The molecule has 106 valence electrons. The van der Waals surface area contributed by atoms with Gasteiger partial charge in [0.15, 0.2) is 17.5 Å². The number of halogens is 4. The van der Waals surface area contributed by atoms with Crippen molar-refractivity contribution in [1.82, 2.24) is 0 Å². The Kier molecular flexibility index (Phi) is 4.54. The Morgan fingerprint density at radius 2 is 1.70 bits per heavy atom. The first-order valence-electron chi connectivity index (χ1n) is 5.71. The van der Waals surface area contributed by atoms with Crippen molar-refractivity contribution in [3.8, 4) is 5.75 Å². The maximum absolute atomic E-state index is 13.1. The fraction of sp³-hybridized carbons (Fsp3) is 0.143. The van der Waals surface area contributed by atoms with Crippen LogP contribution in [0.1, 0.15) is 5.56 Å². The first-order valence-corrected chi connectivity index (χ1v) is 6.51. The van der Waals surface area contributed by atoms with Crippen LogP contribution in [0.3, 0.4) is 0 Å². The van der Waals surface area contributed by atoms with Crippen molar-refractivity contribution >= 4 is 21.6 Å². The summed E-state index contributed by atoms with van der Waals surface area (Å²) >= 11 is 3.32. The zero-order chi connectivity index (χ0) is 14.7. The Balaban J connectivity index is 2.14. The number of ether oxygens (including phenoxy) is 1. The molecule has 0 aliphatic rings. The number of nitrogens with one attached hydrogen (secondary N) is 1. The molecule has 2 rings (SSSR count). The lowest BCUT2D eigenvalue weighted by molar-refractivity contribution is 0.414. The molecule has 2 nitrogen and oxygen atoms in total. The van der Waals surface area contributed by atoms with Gasteiger partial charge in [-0.05, 0) is 29.8 Å². The number of benzene rings is 2. The second-order valence-corrected chi connectivity index (χ2v) is 5.02. The van der Waals surface area contributed by atoms with Crippen molar-refractivity contribution in [3.63, 3.8) is 0 Å². The molecular weight excluding hydrogens is 335 g/mol. The quantitative estimate of drug-likeness (QED) is 0.824. The minimum absolute atomic E-state index is 0.160. The molecule has 0 aliphatic carbocycles. The summed E-state index contributed by atoms with van der Waals surface area (Å²) in [5, 5.41) is 2.98. The van der Waals surface area contributed by atoms with Gasteiger partial charge in [-0.2, -0.15) is 0 Å². The van der Waals surface area contributed by atoms with E-state index in [-0.39, 0.29) is 6.54 Å². The molecule has 0 bridgehead atoms. The summed E-state index contributed by atoms with van der Waals surface area (Å²) in [5.74, 6) is -3.22. The summed E-state index contributed by atoms with van der Waals surface area (Å²) in [5.41, 5.74) is 1.02. The highest BCUT2D eigenvalue weighted by Gasteiger charge is 2.10. The third-order valence-corrected chi connectivity index (χ3v) is 3.11. The van der Waals surface area contributed by atoms with Crippen molar-refractivity contribution in [2.45, 2.75) is 6.54 Å². The molecule has 2 aromatic rings. The van der Waals surface area contributed by atoms with Crippen molar-refractivity contribution in [2.24, 2.45) is 0 Å². The smallest absolute Gasteiger partial charge is 0.194 e. The zero-order valence-corrected chi connectivity index (χ0v) is 12.1. The molecule has 0 saturated carbocycles. The molecule has 0 fully saturated rings. The van der Waals surface area contributed by atoms with Gasteiger partial charge >= 0.3 is 0 Å². The van der Waals surface area contributed by atoms with Gasteiger partial charge in [0.1, 0.15) is 5.75 Å². The van der Waals surface area contributed by atoms with Crippen molar-refractivity contribution in [1.29, 1.82) is 0 Å². The van der Waals surface area contributed by atoms with Gasteiger partial charge in [0.05, 0.1) is 7.11 Å². The second kappa shape index (κ2) is 6.17. The number of rotatable bonds is 4. The molecular formula is C14H11BrF3NO. The highest BCUT2D eigenvalue weighted by atomic mass is 79.9. The van der Waals surface area contributed by atoms with E-state index in [1.807, 2.05) is 0 Å². The molecule has 0 aliphatic heterocycles. The molecule has 0 heterocycles. The zero-order valence-electron chi connectivity index (χ0n) is 10.5. The number of anilines is 1. The molecule has 0 spiro atoms. The van der Waals surface area contributed by atoms with Crippen LogP contribution in [0.4, 0.5) is 18.9 Å². The highest BCUT2D eigenvalue weighted by Crippen LogP contribution is 2.25. The molecule has 0 amide bonds. The second-order valence-electron chi connectivity index (χ2n) is 4.11. The van der Waals surface area contributed by atoms with E-state index in [4.69, 9.17) is 4.74 Å². The van der Waals surface area contributed by atoms with Crippen LogP contribution in [0.2, 0.25) is 0 Å². The summed E-state index contributed by atoms with van der Waals surface area (Å²) in [7, 11) is 1.54. The normalized spacial score (nSPS) is 10.4. The van der Waals surface area contributed by atoms with Gasteiger partial charge in [-0.25, -0.2) is 13.2 Å². The fourth-order valence-electron chi connectivity index (χ4n) is 1.70. The Labute approximate surface area is 122 Å². The van der Waals surface area contributed by atoms with E-state index < -0.39 is 17.5 Å². The number of hydrogen-bond acceptors (Lipinski definition) is 2. The van der Waals surface area contributed by atoms with Gasteiger partial charge in [-0.3, -0.25) is 0 Å². The van der Waals surface area contributed by atoms with Crippen LogP contribution in [0.15, 0.2) is 34.8 Å². The van der Waals surface area contributed by atoms with E-state index in [0.29, 0.717) is 17.0 Å². The summed E-state index contributed by atoms with van der Waals surface area (Å²) in [4.78, 5) is 0. The molecule has 0 unspecified atom stereocenters. The van der Waals surface area contributed by atoms with E-state index in [2.05, 4.69) is 21.2 Å². The van der Waals surface area contributed by atoms with Gasteiger partial charge < -0.3 is 10.1 Å². The van der Waals surface area contributed by atoms with Gasteiger partial charge in [0.25, 0.3) is 0 Å². The lowest BCUT2D eigenvalue weighted by Crippen LogP contribution is -2.02. The first kappa shape index (κ1) is 14.7. The lowest BCUT2D eigenvalue weighted by atomic mass is 10.2. The minimum Gasteiger partial charge on any atom is -0.497 e. The van der Waals surface area contributed by atoms with E-state index in [1.165, 1.54) is 7.11 Å². The predicted molar refractivity (Wildman–Crippen MR) is 74.3 cm³/mol. The van der Waals surface area contributed by atoms with E-state index in [9.17, 15) is 13.2 Å². The Morgan fingerprint density at radius 1 is 1.05 bits per heavy atom. The van der Waals surface area contributed by atoms with E-state index >= 15 is 0 Å². The molecule has 6 heteroatoms. The van der Waals surface area contributed by atoms with Crippen LogP contribution >= 0.6 is 15.9 Å². The monoisotopic (exact) mass is 345 g/mol. The Morgan fingerprint density at radius 3 is 2.30 bits per heavy atom. The average Bonchev–Trinajstić information content (AvgIpc) is 2.41. The summed E-state index contributed by atoms with van der Waals surface area (Å²) in [6, 6.07) is 7.23. The summed E-state index contributed by atoms with van der Waals surface area (Å²) < 4.78 is 44.9. The molecule has 0 saturated heterocycles. The van der Waals surface area contributed by atoms with Crippen LogP contribution in [0.25, 0.3) is 0 Å². The molecule has 0 radical (unpaired) electrons. The molecule has 2 aromatic carbocycles. The van der Waals surface area contributed by atoms with Crippen LogP contribution in [0, 0.1) is 17.5 Å². The average molecular weight is 346 g/mol. The van der Waals surface area contributed by atoms with Gasteiger partial charge in [0, 0.05) is 22.8 Å². The molecule has 1 N–H and O–H groups in total. The van der Waals surface area contributed by atoms with Crippen LogP contribution in [-0.2, 0) is 6.54 Å². The van der Waals surface area contributed by atoms with E-state index in [0.717, 1.165) is 16.6 Å². The van der Waals surface area contributed by atoms with Crippen molar-refractivity contribution in [2.75, 3.05) is 12.4 Å². The van der Waals surface area contributed by atoms with Crippen LogP contribution in [-0.4, -0.2) is 7.11 Å². The van der Waals surface area contributed by atoms with Gasteiger partial charge in [-0.1, -0.05) is 15.9 Å². The summed E-state index contributed by atoms with van der Waals surface area (Å²) in [6.45, 7) is 0.160. The summed E-state index contributed by atoms with van der Waals surface area (Å²) in [6.07, 6.45) is 0. The number of methoxy groups -OCH3 is 1. The fourth-order valence-corrected chi connectivity index (χ4v) is 2.17. The van der Waals surface area contributed by atoms with Crippen LogP contribution in [0.5, 0.6) is 5.75 Å². The van der Waals surface area contributed by atoms with Crippen molar-refractivity contribution in [3.05, 3.63) is 57.8 Å². The Hall–Kier alpha value is -1.69. The lowest BCUT2D eigenvalue weighted by Gasteiger charge is -2.10. The molecule has 0 aromatic heterocycles. The maximum atomic E-state index is 13.1. The molecule has 0 atom stereocenters. The first-order chi connectivity index (χ1) is 9.49. The van der Waals surface area contributed by atoms with Gasteiger partial charge in [0.2, 0.25) is 0 Å². The molecule has 20 heavy (non-hydrogen) atoms. The SMILES string of the molecule is COc1cc(Br)cc(NCc2cc(F)c(F)c(F)c2)c1. The predicted octanol–water partition coefficient (Wildman–Crippen LogP) is 4.49. The maximum Gasteiger partial charge on any atom is 0.194 e. The van der Waals surface area contributed by atoms with Crippen LogP contribution < -0.4 is 10.1 Å². The Bertz CT molecular complexity index is 611.